The highest BCUT2D eigenvalue weighted by Gasteiger charge is 2.36. The van der Waals surface area contributed by atoms with Crippen LogP contribution in [0.15, 0.2) is 0 Å². The summed E-state index contributed by atoms with van der Waals surface area (Å²) in [5.41, 5.74) is 5.79. The van der Waals surface area contributed by atoms with Gasteiger partial charge in [-0.1, -0.05) is 26.7 Å². The minimum absolute atomic E-state index is 0.0111. The molecular formula is C15H30N4O2. The Labute approximate surface area is 127 Å². The number of carbonyl (C=O) groups is 2. The number of carbonyl (C=O) groups excluding carboxylic acids is 2. The number of rotatable bonds is 7. The van der Waals surface area contributed by atoms with Gasteiger partial charge in [0.05, 0.1) is 12.6 Å². The lowest BCUT2D eigenvalue weighted by Crippen LogP contribution is -2.53. The van der Waals surface area contributed by atoms with E-state index in [9.17, 15) is 9.59 Å². The Kier molecular flexibility index (Phi) is 6.61. The average Bonchev–Trinajstić information content (AvgIpc) is 2.91. The van der Waals surface area contributed by atoms with Crippen LogP contribution in [0.3, 0.4) is 0 Å². The summed E-state index contributed by atoms with van der Waals surface area (Å²) in [6.45, 7) is 4.38. The van der Waals surface area contributed by atoms with Gasteiger partial charge in [0.2, 0.25) is 11.8 Å². The van der Waals surface area contributed by atoms with Gasteiger partial charge >= 0.3 is 0 Å². The first-order chi connectivity index (χ1) is 9.78. The van der Waals surface area contributed by atoms with Crippen LogP contribution in [0.5, 0.6) is 0 Å². The smallest absolute Gasteiger partial charge is 0.239 e. The predicted octanol–water partition coefficient (Wildman–Crippen LogP) is 0.0765. The molecule has 0 heterocycles. The van der Waals surface area contributed by atoms with E-state index in [0.717, 1.165) is 12.8 Å². The Morgan fingerprint density at radius 1 is 1.19 bits per heavy atom. The molecule has 0 bridgehead atoms. The van der Waals surface area contributed by atoms with Crippen molar-refractivity contribution in [3.63, 3.8) is 0 Å². The first-order valence-electron chi connectivity index (χ1n) is 7.76. The van der Waals surface area contributed by atoms with Gasteiger partial charge in [-0.3, -0.25) is 9.59 Å². The second-order valence-electron chi connectivity index (χ2n) is 6.59. The fraction of sp³-hybridized carbons (Fsp3) is 0.867. The van der Waals surface area contributed by atoms with Crippen LogP contribution >= 0.6 is 0 Å². The quantitative estimate of drug-likeness (QED) is 0.621. The van der Waals surface area contributed by atoms with Gasteiger partial charge in [-0.05, 0) is 32.9 Å². The molecule has 1 rings (SSSR count). The molecule has 6 heteroatoms. The highest BCUT2D eigenvalue weighted by Crippen LogP contribution is 2.32. The maximum Gasteiger partial charge on any atom is 0.239 e. The number of hydrogen-bond acceptors (Lipinski definition) is 4. The molecule has 21 heavy (non-hydrogen) atoms. The normalized spacial score (nSPS) is 18.8. The molecule has 1 aliphatic carbocycles. The van der Waals surface area contributed by atoms with Crippen LogP contribution in [0.25, 0.3) is 0 Å². The van der Waals surface area contributed by atoms with Gasteiger partial charge in [-0.15, -0.1) is 0 Å². The fourth-order valence-corrected chi connectivity index (χ4v) is 2.73. The second kappa shape index (κ2) is 7.75. The summed E-state index contributed by atoms with van der Waals surface area (Å²) >= 11 is 0. The fourth-order valence-electron chi connectivity index (χ4n) is 2.73. The van der Waals surface area contributed by atoms with Gasteiger partial charge in [0.15, 0.2) is 0 Å². The van der Waals surface area contributed by atoms with Gasteiger partial charge in [0.25, 0.3) is 0 Å². The monoisotopic (exact) mass is 298 g/mol. The molecule has 4 N–H and O–H groups in total. The van der Waals surface area contributed by atoms with E-state index in [2.05, 4.69) is 29.6 Å². The van der Waals surface area contributed by atoms with Crippen LogP contribution in [0.2, 0.25) is 0 Å². The van der Waals surface area contributed by atoms with E-state index in [0.29, 0.717) is 6.54 Å². The lowest BCUT2D eigenvalue weighted by atomic mass is 9.96. The number of nitrogens with two attached hydrogens (primary N) is 1. The lowest BCUT2D eigenvalue weighted by Gasteiger charge is -2.36. The van der Waals surface area contributed by atoms with Crippen LogP contribution in [0.1, 0.15) is 39.5 Å². The molecule has 6 nitrogen and oxygen atoms in total. The highest BCUT2D eigenvalue weighted by atomic mass is 16.2. The molecule has 0 radical (unpaired) electrons. The summed E-state index contributed by atoms with van der Waals surface area (Å²) < 4.78 is 0. The van der Waals surface area contributed by atoms with Crippen molar-refractivity contribution in [2.75, 3.05) is 27.2 Å². The van der Waals surface area contributed by atoms with E-state index in [1.807, 2.05) is 13.8 Å². The summed E-state index contributed by atoms with van der Waals surface area (Å²) in [5, 5.41) is 5.53. The average molecular weight is 298 g/mol. The van der Waals surface area contributed by atoms with Crippen molar-refractivity contribution in [3.8, 4) is 0 Å². The van der Waals surface area contributed by atoms with Crippen LogP contribution < -0.4 is 16.4 Å². The third-order valence-corrected chi connectivity index (χ3v) is 4.54. The number of nitrogens with zero attached hydrogens (tertiary/aromatic N) is 1. The number of nitrogens with one attached hydrogen (secondary N) is 2. The summed E-state index contributed by atoms with van der Waals surface area (Å²) in [7, 11) is 4.11. The van der Waals surface area contributed by atoms with Crippen molar-refractivity contribution in [1.82, 2.24) is 15.5 Å². The van der Waals surface area contributed by atoms with E-state index in [1.165, 1.54) is 12.8 Å². The van der Waals surface area contributed by atoms with Crippen molar-refractivity contribution in [2.45, 2.75) is 51.1 Å². The predicted molar refractivity (Wildman–Crippen MR) is 83.7 cm³/mol. The van der Waals surface area contributed by atoms with Crippen molar-refractivity contribution < 1.29 is 9.59 Å². The van der Waals surface area contributed by atoms with Crippen molar-refractivity contribution in [2.24, 2.45) is 11.7 Å². The van der Waals surface area contributed by atoms with E-state index < -0.39 is 6.04 Å². The number of hydrogen-bond donors (Lipinski definition) is 3. The largest absolute Gasteiger partial charge is 0.353 e. The Hall–Kier alpha value is -1.14. The van der Waals surface area contributed by atoms with E-state index >= 15 is 0 Å². The zero-order chi connectivity index (χ0) is 16.0. The molecule has 1 atom stereocenters. The Morgan fingerprint density at radius 3 is 2.24 bits per heavy atom. The first kappa shape index (κ1) is 17.9. The van der Waals surface area contributed by atoms with Gasteiger partial charge in [-0.25, -0.2) is 0 Å². The standard InChI is InChI=1S/C15H30N4O2/c1-11(2)13(16)14(21)17-9-12(20)18-10-15(19(3)4)7-5-6-8-15/h11,13H,5-10,16H2,1-4H3,(H,17,21)(H,18,20)/t13-/m0/s1. The van der Waals surface area contributed by atoms with E-state index in [1.54, 1.807) is 0 Å². The SMILES string of the molecule is CC(C)[C@H](N)C(=O)NCC(=O)NCC1(N(C)C)CCCC1. The Bertz CT molecular complexity index is 363. The summed E-state index contributed by atoms with van der Waals surface area (Å²) in [6, 6.07) is -0.569. The highest BCUT2D eigenvalue weighted by molar-refractivity contribution is 5.87. The lowest BCUT2D eigenvalue weighted by molar-refractivity contribution is -0.127. The van der Waals surface area contributed by atoms with Crippen molar-refractivity contribution in [3.05, 3.63) is 0 Å². The molecule has 122 valence electrons. The molecule has 1 fully saturated rings. The molecule has 2 amide bonds. The topological polar surface area (TPSA) is 87.5 Å². The Morgan fingerprint density at radius 2 is 1.76 bits per heavy atom. The van der Waals surface area contributed by atoms with Crippen molar-refractivity contribution in [1.29, 1.82) is 0 Å². The van der Waals surface area contributed by atoms with Crippen LogP contribution in [0.4, 0.5) is 0 Å². The summed E-state index contributed by atoms with van der Waals surface area (Å²) in [5.74, 6) is -0.376. The first-order valence-corrected chi connectivity index (χ1v) is 7.76. The number of likely N-dealkylation sites (N-methyl/N-ethyl adjacent to an activating group) is 1. The minimum atomic E-state index is -0.569. The van der Waals surface area contributed by atoms with E-state index in [-0.39, 0.29) is 29.8 Å². The number of amides is 2. The summed E-state index contributed by atoms with van der Waals surface area (Å²) in [4.78, 5) is 25.8. The Balaban J connectivity index is 2.36. The van der Waals surface area contributed by atoms with Gasteiger partial charge in [0, 0.05) is 12.1 Å². The summed E-state index contributed by atoms with van der Waals surface area (Å²) in [6.07, 6.45) is 4.61. The molecule has 0 unspecified atom stereocenters. The van der Waals surface area contributed by atoms with E-state index in [4.69, 9.17) is 5.73 Å². The molecule has 0 aliphatic heterocycles. The van der Waals surface area contributed by atoms with Crippen LogP contribution in [-0.4, -0.2) is 55.5 Å². The minimum Gasteiger partial charge on any atom is -0.353 e. The van der Waals surface area contributed by atoms with Crippen LogP contribution in [0, 0.1) is 5.92 Å². The van der Waals surface area contributed by atoms with Gasteiger partial charge < -0.3 is 21.3 Å². The second-order valence-corrected chi connectivity index (χ2v) is 6.59. The van der Waals surface area contributed by atoms with Crippen LogP contribution in [-0.2, 0) is 9.59 Å². The third-order valence-electron chi connectivity index (χ3n) is 4.54. The molecule has 1 saturated carbocycles. The molecule has 0 aromatic carbocycles. The molecule has 0 aromatic heterocycles. The zero-order valence-corrected chi connectivity index (χ0v) is 13.7. The van der Waals surface area contributed by atoms with Crippen molar-refractivity contribution >= 4 is 11.8 Å². The molecule has 1 aliphatic rings. The molecule has 0 spiro atoms. The zero-order valence-electron chi connectivity index (χ0n) is 13.7. The van der Waals surface area contributed by atoms with Gasteiger partial charge in [0.1, 0.15) is 0 Å². The molecular weight excluding hydrogens is 268 g/mol. The third kappa shape index (κ3) is 4.97. The maximum atomic E-state index is 11.9. The molecule has 0 saturated heterocycles. The molecule has 0 aromatic rings. The van der Waals surface area contributed by atoms with Gasteiger partial charge in [-0.2, -0.15) is 0 Å². The maximum absolute atomic E-state index is 11.9.